The average Bonchev–Trinajstić information content (AvgIpc) is 1.96. The van der Waals surface area contributed by atoms with Crippen LogP contribution in [0.4, 0.5) is 11.5 Å². The Hall–Kier alpha value is -0.770. The Morgan fingerprint density at radius 2 is 2.25 bits per heavy atom. The first-order chi connectivity index (χ1) is 5.59. The lowest BCUT2D eigenvalue weighted by Gasteiger charge is -2.11. The van der Waals surface area contributed by atoms with E-state index >= 15 is 0 Å². The predicted octanol–water partition coefficient (Wildman–Crippen LogP) is 2.25. The van der Waals surface area contributed by atoms with E-state index in [0.717, 1.165) is 10.2 Å². The van der Waals surface area contributed by atoms with Crippen molar-refractivity contribution in [1.82, 2.24) is 4.98 Å². The summed E-state index contributed by atoms with van der Waals surface area (Å²) >= 11 is 3.33. The van der Waals surface area contributed by atoms with E-state index in [1.54, 1.807) is 6.20 Å². The van der Waals surface area contributed by atoms with Crippen LogP contribution in [0.15, 0.2) is 16.7 Å². The van der Waals surface area contributed by atoms with Gasteiger partial charge in [0.05, 0.1) is 5.69 Å². The number of anilines is 2. The number of nitrogen functional groups attached to an aromatic ring is 1. The lowest BCUT2D eigenvalue weighted by molar-refractivity contribution is 0.898. The van der Waals surface area contributed by atoms with Gasteiger partial charge < -0.3 is 11.1 Å². The van der Waals surface area contributed by atoms with Crippen molar-refractivity contribution in [1.29, 1.82) is 0 Å². The van der Waals surface area contributed by atoms with Crippen molar-refractivity contribution >= 4 is 27.4 Å². The molecule has 66 valence electrons. The third kappa shape index (κ3) is 2.37. The summed E-state index contributed by atoms with van der Waals surface area (Å²) in [5, 5.41) is 3.20. The molecule has 0 amide bonds. The third-order valence-corrected chi connectivity index (χ3v) is 1.76. The normalized spacial score (nSPS) is 10.3. The summed E-state index contributed by atoms with van der Waals surface area (Å²) in [7, 11) is 0. The van der Waals surface area contributed by atoms with Crippen molar-refractivity contribution in [3.63, 3.8) is 0 Å². The monoisotopic (exact) mass is 229 g/mol. The van der Waals surface area contributed by atoms with E-state index in [-0.39, 0.29) is 0 Å². The third-order valence-electron chi connectivity index (χ3n) is 1.33. The van der Waals surface area contributed by atoms with Crippen molar-refractivity contribution in [2.45, 2.75) is 19.9 Å². The number of pyridine rings is 1. The Morgan fingerprint density at radius 1 is 1.58 bits per heavy atom. The van der Waals surface area contributed by atoms with Crippen molar-refractivity contribution in [3.8, 4) is 0 Å². The quantitative estimate of drug-likeness (QED) is 0.819. The van der Waals surface area contributed by atoms with Gasteiger partial charge >= 0.3 is 0 Å². The minimum atomic E-state index is 0.364. The van der Waals surface area contributed by atoms with Gasteiger partial charge in [0.15, 0.2) is 0 Å². The number of aromatic nitrogens is 1. The van der Waals surface area contributed by atoms with Crippen LogP contribution in [-0.2, 0) is 0 Å². The second-order valence-electron chi connectivity index (χ2n) is 2.89. The van der Waals surface area contributed by atoms with E-state index < -0.39 is 0 Å². The summed E-state index contributed by atoms with van der Waals surface area (Å²) in [6, 6.07) is 2.28. The zero-order chi connectivity index (χ0) is 9.14. The molecule has 0 atom stereocenters. The summed E-state index contributed by atoms with van der Waals surface area (Å²) in [6.45, 7) is 4.11. The Balaban J connectivity index is 2.90. The first kappa shape index (κ1) is 9.32. The largest absolute Gasteiger partial charge is 0.382 e. The molecule has 1 heterocycles. The molecule has 1 rings (SSSR count). The number of nitrogens with zero attached hydrogens (tertiary/aromatic N) is 1. The Labute approximate surface area is 80.5 Å². The van der Waals surface area contributed by atoms with Gasteiger partial charge in [-0.2, -0.15) is 0 Å². The lowest BCUT2D eigenvalue weighted by Crippen LogP contribution is -2.11. The maximum absolute atomic E-state index is 5.64. The van der Waals surface area contributed by atoms with E-state index in [1.807, 2.05) is 6.07 Å². The fourth-order valence-electron chi connectivity index (χ4n) is 0.876. The van der Waals surface area contributed by atoms with E-state index in [2.05, 4.69) is 40.1 Å². The molecule has 0 bridgehead atoms. The average molecular weight is 230 g/mol. The van der Waals surface area contributed by atoms with Crippen LogP contribution in [-0.4, -0.2) is 11.0 Å². The maximum Gasteiger partial charge on any atom is 0.146 e. The van der Waals surface area contributed by atoms with Crippen molar-refractivity contribution in [2.24, 2.45) is 0 Å². The summed E-state index contributed by atoms with van der Waals surface area (Å²) in [5.41, 5.74) is 6.52. The first-order valence-electron chi connectivity index (χ1n) is 3.77. The molecule has 0 aromatic carbocycles. The number of nitrogens with two attached hydrogens (primary N) is 1. The van der Waals surface area contributed by atoms with Crippen LogP contribution in [0, 0.1) is 0 Å². The molecule has 0 aliphatic carbocycles. The van der Waals surface area contributed by atoms with Crippen LogP contribution >= 0.6 is 15.9 Å². The van der Waals surface area contributed by atoms with Gasteiger partial charge in [-0.15, -0.1) is 0 Å². The minimum Gasteiger partial charge on any atom is -0.382 e. The van der Waals surface area contributed by atoms with Crippen LogP contribution in [0.5, 0.6) is 0 Å². The highest BCUT2D eigenvalue weighted by Crippen LogP contribution is 2.20. The summed E-state index contributed by atoms with van der Waals surface area (Å²) in [4.78, 5) is 4.00. The van der Waals surface area contributed by atoms with Crippen LogP contribution in [0.2, 0.25) is 0 Å². The number of hydrogen-bond donors (Lipinski definition) is 2. The molecule has 1 aromatic rings. The second kappa shape index (κ2) is 3.76. The lowest BCUT2D eigenvalue weighted by atomic mass is 10.3. The summed E-state index contributed by atoms with van der Waals surface area (Å²) in [6.07, 6.45) is 1.68. The molecular weight excluding hydrogens is 218 g/mol. The van der Waals surface area contributed by atoms with E-state index in [0.29, 0.717) is 11.9 Å². The Morgan fingerprint density at radius 3 is 2.83 bits per heavy atom. The van der Waals surface area contributed by atoms with E-state index in [4.69, 9.17) is 5.73 Å². The summed E-state index contributed by atoms with van der Waals surface area (Å²) < 4.78 is 0.930. The van der Waals surface area contributed by atoms with Gasteiger partial charge in [0.25, 0.3) is 0 Å². The van der Waals surface area contributed by atoms with Gasteiger partial charge in [0.1, 0.15) is 5.82 Å². The molecule has 0 saturated heterocycles. The molecular formula is C8H12BrN3. The van der Waals surface area contributed by atoms with Crippen LogP contribution in [0.3, 0.4) is 0 Å². The fourth-order valence-corrected chi connectivity index (χ4v) is 1.21. The smallest absolute Gasteiger partial charge is 0.146 e. The van der Waals surface area contributed by atoms with Gasteiger partial charge in [0, 0.05) is 16.7 Å². The van der Waals surface area contributed by atoms with Crippen LogP contribution in [0.25, 0.3) is 0 Å². The molecule has 0 saturated carbocycles. The zero-order valence-electron chi connectivity index (χ0n) is 7.13. The number of rotatable bonds is 2. The highest BCUT2D eigenvalue weighted by atomic mass is 79.9. The Bertz CT molecular complexity index is 273. The zero-order valence-corrected chi connectivity index (χ0v) is 8.72. The molecule has 0 unspecified atom stereocenters. The minimum absolute atomic E-state index is 0.364. The maximum atomic E-state index is 5.64. The number of nitrogens with one attached hydrogen (secondary N) is 1. The number of halogens is 1. The first-order valence-corrected chi connectivity index (χ1v) is 4.56. The van der Waals surface area contributed by atoms with Gasteiger partial charge in [-0.3, -0.25) is 0 Å². The highest BCUT2D eigenvalue weighted by molar-refractivity contribution is 9.10. The van der Waals surface area contributed by atoms with Crippen molar-refractivity contribution in [2.75, 3.05) is 11.1 Å². The highest BCUT2D eigenvalue weighted by Gasteiger charge is 2.01. The van der Waals surface area contributed by atoms with E-state index in [9.17, 15) is 0 Å². The molecule has 0 aliphatic heterocycles. The standard InChI is InChI=1S/C8H12BrN3/c1-5(2)12-7-3-6(9)4-11-8(7)10/h3-5,12H,1-2H3,(H2,10,11). The van der Waals surface area contributed by atoms with Crippen molar-refractivity contribution in [3.05, 3.63) is 16.7 Å². The fraction of sp³-hybridized carbons (Fsp3) is 0.375. The van der Waals surface area contributed by atoms with E-state index in [1.165, 1.54) is 0 Å². The SMILES string of the molecule is CC(C)Nc1cc(Br)cnc1N. The van der Waals surface area contributed by atoms with Gasteiger partial charge in [0.2, 0.25) is 0 Å². The van der Waals surface area contributed by atoms with Gasteiger partial charge in [-0.25, -0.2) is 4.98 Å². The molecule has 4 heteroatoms. The molecule has 0 fully saturated rings. The molecule has 0 spiro atoms. The second-order valence-corrected chi connectivity index (χ2v) is 3.80. The predicted molar refractivity (Wildman–Crippen MR) is 55.1 cm³/mol. The van der Waals surface area contributed by atoms with Gasteiger partial charge in [-0.05, 0) is 35.8 Å². The molecule has 12 heavy (non-hydrogen) atoms. The summed E-state index contributed by atoms with van der Waals surface area (Å²) in [5.74, 6) is 0.534. The topological polar surface area (TPSA) is 50.9 Å². The van der Waals surface area contributed by atoms with Crippen molar-refractivity contribution < 1.29 is 0 Å². The number of hydrogen-bond acceptors (Lipinski definition) is 3. The van der Waals surface area contributed by atoms with Crippen LogP contribution < -0.4 is 11.1 Å². The van der Waals surface area contributed by atoms with Gasteiger partial charge in [-0.1, -0.05) is 0 Å². The van der Waals surface area contributed by atoms with Crippen LogP contribution in [0.1, 0.15) is 13.8 Å². The molecule has 3 N–H and O–H groups in total. The molecule has 3 nitrogen and oxygen atoms in total. The molecule has 0 aliphatic rings. The Kier molecular flexibility index (Phi) is 2.92. The molecule has 0 radical (unpaired) electrons. The molecule has 1 aromatic heterocycles.